The van der Waals surface area contributed by atoms with E-state index in [-0.39, 0.29) is 18.0 Å². The van der Waals surface area contributed by atoms with Crippen molar-refractivity contribution in [2.45, 2.75) is 13.1 Å². The maximum absolute atomic E-state index is 13.3. The molecule has 8 heteroatoms. The van der Waals surface area contributed by atoms with Gasteiger partial charge < -0.3 is 23.7 Å². The Hall–Kier alpha value is -4.01. The number of fused-ring (bicyclic) bond motifs is 2. The van der Waals surface area contributed by atoms with Gasteiger partial charge in [-0.25, -0.2) is 0 Å². The first-order valence-corrected chi connectivity index (χ1v) is 12.3. The molecule has 0 bridgehead atoms. The second-order valence-electron chi connectivity index (χ2n) is 9.39. The molecule has 0 amide bonds. The van der Waals surface area contributed by atoms with Gasteiger partial charge in [-0.1, -0.05) is 18.2 Å². The molecule has 0 unspecified atom stereocenters. The lowest BCUT2D eigenvalue weighted by atomic mass is 10.0. The van der Waals surface area contributed by atoms with Gasteiger partial charge in [-0.15, -0.1) is 0 Å². The highest BCUT2D eigenvalue weighted by Gasteiger charge is 2.22. The van der Waals surface area contributed by atoms with Crippen molar-refractivity contribution in [3.05, 3.63) is 82.2 Å². The van der Waals surface area contributed by atoms with Gasteiger partial charge in [-0.2, -0.15) is 0 Å². The van der Waals surface area contributed by atoms with Crippen LogP contribution in [0.1, 0.15) is 11.1 Å². The van der Waals surface area contributed by atoms with Crippen LogP contribution in [0.3, 0.4) is 0 Å². The van der Waals surface area contributed by atoms with E-state index in [4.69, 9.17) is 18.6 Å². The zero-order valence-electron chi connectivity index (χ0n) is 20.6. The molecule has 1 aromatic heterocycles. The molecular weight excluding hydrogens is 472 g/mol. The summed E-state index contributed by atoms with van der Waals surface area (Å²) < 4.78 is 22.1. The summed E-state index contributed by atoms with van der Waals surface area (Å²) in [5.41, 5.74) is 3.37. The SMILES string of the molecule is COc1ccc(-c2coc3c(CN4CCN(Cc5ccc6c(c5)OCO6)CC4)c(O)ccc3c2=O)cc1. The largest absolute Gasteiger partial charge is 0.507 e. The summed E-state index contributed by atoms with van der Waals surface area (Å²) >= 11 is 0. The molecular formula is C29H28N2O6. The van der Waals surface area contributed by atoms with Crippen LogP contribution in [-0.4, -0.2) is 55.0 Å². The number of aromatic hydroxyl groups is 1. The van der Waals surface area contributed by atoms with E-state index >= 15 is 0 Å². The van der Waals surface area contributed by atoms with E-state index in [9.17, 15) is 9.90 Å². The van der Waals surface area contributed by atoms with E-state index in [2.05, 4.69) is 15.9 Å². The van der Waals surface area contributed by atoms with E-state index in [0.717, 1.165) is 55.5 Å². The summed E-state index contributed by atoms with van der Waals surface area (Å²) in [6.45, 7) is 5.10. The number of benzene rings is 3. The van der Waals surface area contributed by atoms with Crippen molar-refractivity contribution in [2.75, 3.05) is 40.1 Å². The zero-order chi connectivity index (χ0) is 25.4. The fourth-order valence-corrected chi connectivity index (χ4v) is 5.00. The number of piperazine rings is 1. The summed E-state index contributed by atoms with van der Waals surface area (Å²) in [5, 5.41) is 11.1. The van der Waals surface area contributed by atoms with Crippen LogP contribution in [0, 0.1) is 0 Å². The Labute approximate surface area is 214 Å². The Morgan fingerprint density at radius 3 is 2.38 bits per heavy atom. The lowest BCUT2D eigenvalue weighted by molar-refractivity contribution is 0.121. The molecule has 0 atom stereocenters. The van der Waals surface area contributed by atoms with Gasteiger partial charge in [0.2, 0.25) is 12.2 Å². The number of ether oxygens (including phenoxy) is 3. The zero-order valence-corrected chi connectivity index (χ0v) is 20.6. The number of phenolic OH excluding ortho intramolecular Hbond substituents is 1. The van der Waals surface area contributed by atoms with Crippen LogP contribution in [-0.2, 0) is 13.1 Å². The number of hydrogen-bond acceptors (Lipinski definition) is 8. The molecule has 0 aliphatic carbocycles. The molecule has 37 heavy (non-hydrogen) atoms. The molecule has 2 aliphatic rings. The van der Waals surface area contributed by atoms with Gasteiger partial charge in [0.15, 0.2) is 11.5 Å². The van der Waals surface area contributed by atoms with Gasteiger partial charge in [0.05, 0.1) is 23.6 Å². The highest BCUT2D eigenvalue weighted by molar-refractivity contribution is 5.85. The lowest BCUT2D eigenvalue weighted by Crippen LogP contribution is -2.45. The van der Waals surface area contributed by atoms with E-state index in [0.29, 0.717) is 28.6 Å². The van der Waals surface area contributed by atoms with Gasteiger partial charge in [-0.05, 0) is 47.5 Å². The average Bonchev–Trinajstić information content (AvgIpc) is 3.40. The molecule has 190 valence electrons. The minimum atomic E-state index is -0.124. The summed E-state index contributed by atoms with van der Waals surface area (Å²) in [6, 6.07) is 16.6. The fourth-order valence-electron chi connectivity index (χ4n) is 5.00. The quantitative estimate of drug-likeness (QED) is 0.421. The average molecular weight is 501 g/mol. The smallest absolute Gasteiger partial charge is 0.231 e. The third-order valence-corrected chi connectivity index (χ3v) is 7.11. The number of nitrogens with zero attached hydrogens (tertiary/aromatic N) is 2. The standard InChI is InChI=1S/C29H28N2O6/c1-34-21-5-3-20(4-6-21)24-17-35-29-22(28(24)33)7-8-25(32)23(29)16-31-12-10-30(11-13-31)15-19-2-9-26-27(14-19)37-18-36-26/h2-9,14,17,32H,10-13,15-16,18H2,1H3. The van der Waals surface area contributed by atoms with E-state index in [1.54, 1.807) is 19.2 Å². The molecule has 3 heterocycles. The van der Waals surface area contributed by atoms with Crippen LogP contribution < -0.4 is 19.6 Å². The summed E-state index contributed by atoms with van der Waals surface area (Å²) in [5.74, 6) is 2.46. The van der Waals surface area contributed by atoms with Crippen molar-refractivity contribution in [1.82, 2.24) is 9.80 Å². The number of rotatable bonds is 6. The van der Waals surface area contributed by atoms with Crippen LogP contribution in [0.25, 0.3) is 22.1 Å². The van der Waals surface area contributed by atoms with Crippen molar-refractivity contribution in [1.29, 1.82) is 0 Å². The second-order valence-corrected chi connectivity index (χ2v) is 9.39. The molecule has 8 nitrogen and oxygen atoms in total. The van der Waals surface area contributed by atoms with Crippen molar-refractivity contribution < 1.29 is 23.7 Å². The molecule has 3 aromatic carbocycles. The first-order valence-electron chi connectivity index (χ1n) is 12.3. The predicted octanol–water partition coefficient (Wildman–Crippen LogP) is 4.22. The highest BCUT2D eigenvalue weighted by Crippen LogP contribution is 2.33. The maximum Gasteiger partial charge on any atom is 0.231 e. The van der Waals surface area contributed by atoms with Crippen molar-refractivity contribution in [2.24, 2.45) is 0 Å². The molecule has 0 spiro atoms. The molecule has 0 saturated carbocycles. The third kappa shape index (κ3) is 4.61. The van der Waals surface area contributed by atoms with Crippen molar-refractivity contribution in [3.8, 4) is 34.1 Å². The number of hydrogen-bond donors (Lipinski definition) is 1. The molecule has 4 aromatic rings. The number of methoxy groups -OCH3 is 1. The Morgan fingerprint density at radius 1 is 0.892 bits per heavy atom. The van der Waals surface area contributed by atoms with E-state index in [1.807, 2.05) is 36.4 Å². The second kappa shape index (κ2) is 9.80. The molecule has 1 fully saturated rings. The maximum atomic E-state index is 13.3. The normalized spacial score (nSPS) is 15.8. The third-order valence-electron chi connectivity index (χ3n) is 7.11. The van der Waals surface area contributed by atoms with Crippen LogP contribution in [0.5, 0.6) is 23.0 Å². The van der Waals surface area contributed by atoms with Gasteiger partial charge in [0.1, 0.15) is 23.3 Å². The summed E-state index contributed by atoms with van der Waals surface area (Å²) in [6.07, 6.45) is 1.48. The topological polar surface area (TPSA) is 84.6 Å². The van der Waals surface area contributed by atoms with Gasteiger partial charge in [0, 0.05) is 39.3 Å². The molecule has 1 saturated heterocycles. The molecule has 6 rings (SSSR count). The van der Waals surface area contributed by atoms with Crippen LogP contribution in [0.2, 0.25) is 0 Å². The molecule has 0 radical (unpaired) electrons. The fraction of sp³-hybridized carbons (Fsp3) is 0.276. The van der Waals surface area contributed by atoms with E-state index in [1.165, 1.54) is 11.8 Å². The molecule has 1 N–H and O–H groups in total. The van der Waals surface area contributed by atoms with Crippen molar-refractivity contribution in [3.63, 3.8) is 0 Å². The monoisotopic (exact) mass is 500 g/mol. The molecule has 2 aliphatic heterocycles. The van der Waals surface area contributed by atoms with Gasteiger partial charge >= 0.3 is 0 Å². The van der Waals surface area contributed by atoms with Crippen LogP contribution in [0.15, 0.2) is 70.1 Å². The van der Waals surface area contributed by atoms with Gasteiger partial charge in [-0.3, -0.25) is 14.6 Å². The van der Waals surface area contributed by atoms with E-state index < -0.39 is 0 Å². The highest BCUT2D eigenvalue weighted by atomic mass is 16.7. The van der Waals surface area contributed by atoms with Crippen LogP contribution in [0.4, 0.5) is 0 Å². The Bertz CT molecular complexity index is 1490. The minimum Gasteiger partial charge on any atom is -0.507 e. The Balaban J connectivity index is 1.17. The van der Waals surface area contributed by atoms with Crippen molar-refractivity contribution >= 4 is 11.0 Å². The Kier molecular flexibility index (Phi) is 6.20. The Morgan fingerprint density at radius 2 is 1.62 bits per heavy atom. The van der Waals surface area contributed by atoms with Gasteiger partial charge in [0.25, 0.3) is 0 Å². The minimum absolute atomic E-state index is 0.124. The predicted molar refractivity (Wildman–Crippen MR) is 139 cm³/mol. The first-order chi connectivity index (χ1) is 18.1. The summed E-state index contributed by atoms with van der Waals surface area (Å²) in [7, 11) is 1.60. The van der Waals surface area contributed by atoms with Crippen LogP contribution >= 0.6 is 0 Å². The lowest BCUT2D eigenvalue weighted by Gasteiger charge is -2.34. The number of phenols is 1. The first kappa shape index (κ1) is 23.4. The summed E-state index contributed by atoms with van der Waals surface area (Å²) in [4.78, 5) is 18.0.